The molecular formula is C21H28N4O3. The fraction of sp³-hybridized carbons (Fsp3) is 0.476. The first kappa shape index (κ1) is 19.9. The summed E-state index contributed by atoms with van der Waals surface area (Å²) in [5, 5.41) is 0. The largest absolute Gasteiger partial charge is 0.493 e. The molecule has 7 heteroatoms. The first-order valence-electron chi connectivity index (χ1n) is 9.79. The number of ether oxygens (including phenoxy) is 2. The number of anilines is 1. The number of carbonyl (C=O) groups excluding carboxylic acids is 1. The number of unbranched alkanes of at least 4 members (excludes halogenated alkanes) is 1. The first-order chi connectivity index (χ1) is 13.6. The number of nitrogens with zero attached hydrogens (tertiary/aromatic N) is 4. The van der Waals surface area contributed by atoms with E-state index in [1.54, 1.807) is 7.11 Å². The molecule has 150 valence electrons. The van der Waals surface area contributed by atoms with E-state index in [0.717, 1.165) is 31.7 Å². The van der Waals surface area contributed by atoms with E-state index in [2.05, 4.69) is 28.7 Å². The smallest absolute Gasteiger partial charge is 0.224 e. The zero-order chi connectivity index (χ0) is 19.9. The maximum absolute atomic E-state index is 12.4. The van der Waals surface area contributed by atoms with Gasteiger partial charge in [-0.25, -0.2) is 9.97 Å². The van der Waals surface area contributed by atoms with Crippen molar-refractivity contribution in [2.45, 2.75) is 39.2 Å². The van der Waals surface area contributed by atoms with Gasteiger partial charge in [0, 0.05) is 38.2 Å². The van der Waals surface area contributed by atoms with Crippen molar-refractivity contribution in [3.63, 3.8) is 0 Å². The van der Waals surface area contributed by atoms with Crippen molar-refractivity contribution in [2.24, 2.45) is 0 Å². The molecule has 3 rings (SSSR count). The number of para-hydroxylation sites is 2. The first-order valence-corrected chi connectivity index (χ1v) is 9.79. The second kappa shape index (κ2) is 9.39. The van der Waals surface area contributed by atoms with Crippen LogP contribution in [0.2, 0.25) is 0 Å². The molecule has 0 saturated carbocycles. The second-order valence-electron chi connectivity index (χ2n) is 6.95. The normalized spacial score (nSPS) is 16.8. The Bertz CT molecular complexity index is 799. The van der Waals surface area contributed by atoms with Crippen LogP contribution < -0.4 is 14.4 Å². The summed E-state index contributed by atoms with van der Waals surface area (Å²) < 4.78 is 11.2. The number of benzene rings is 1. The lowest BCUT2D eigenvalue weighted by Crippen LogP contribution is -2.54. The van der Waals surface area contributed by atoms with Crippen molar-refractivity contribution < 1.29 is 14.3 Å². The van der Waals surface area contributed by atoms with Crippen LogP contribution in [-0.4, -0.2) is 53.6 Å². The Kier molecular flexibility index (Phi) is 6.68. The highest BCUT2D eigenvalue weighted by molar-refractivity contribution is 5.76. The monoisotopic (exact) mass is 384 g/mol. The molecule has 0 N–H and O–H groups in total. The van der Waals surface area contributed by atoms with Gasteiger partial charge in [0.15, 0.2) is 11.5 Å². The molecular weight excluding hydrogens is 356 g/mol. The highest BCUT2D eigenvalue weighted by Gasteiger charge is 2.27. The van der Waals surface area contributed by atoms with Gasteiger partial charge in [0.2, 0.25) is 11.8 Å². The number of methoxy groups -OCH3 is 1. The van der Waals surface area contributed by atoms with Crippen LogP contribution in [0.4, 0.5) is 5.82 Å². The van der Waals surface area contributed by atoms with Crippen LogP contribution in [-0.2, 0) is 4.79 Å². The summed E-state index contributed by atoms with van der Waals surface area (Å²) >= 11 is 0. The minimum atomic E-state index is 0.145. The van der Waals surface area contributed by atoms with E-state index in [0.29, 0.717) is 30.3 Å². The third kappa shape index (κ3) is 4.71. The lowest BCUT2D eigenvalue weighted by Gasteiger charge is -2.40. The van der Waals surface area contributed by atoms with E-state index in [1.807, 2.05) is 35.2 Å². The summed E-state index contributed by atoms with van der Waals surface area (Å²) in [5.41, 5.74) is 0. The summed E-state index contributed by atoms with van der Waals surface area (Å²) in [7, 11) is 1.61. The molecule has 0 aliphatic carbocycles. The molecule has 2 aromatic rings. The van der Waals surface area contributed by atoms with Gasteiger partial charge < -0.3 is 19.3 Å². The predicted octanol–water partition coefficient (Wildman–Crippen LogP) is 3.50. The highest BCUT2D eigenvalue weighted by Crippen LogP contribution is 2.31. The number of carbonyl (C=O) groups is 1. The summed E-state index contributed by atoms with van der Waals surface area (Å²) in [4.78, 5) is 25.2. The molecule has 1 saturated heterocycles. The zero-order valence-corrected chi connectivity index (χ0v) is 16.8. The van der Waals surface area contributed by atoms with E-state index in [9.17, 15) is 4.79 Å². The molecule has 1 aromatic carbocycles. The maximum Gasteiger partial charge on any atom is 0.224 e. The topological polar surface area (TPSA) is 67.8 Å². The molecule has 1 amide bonds. The molecule has 1 aromatic heterocycles. The van der Waals surface area contributed by atoms with Gasteiger partial charge in [0.05, 0.1) is 7.11 Å². The number of hydrogen-bond donors (Lipinski definition) is 0. The van der Waals surface area contributed by atoms with Crippen molar-refractivity contribution in [1.82, 2.24) is 14.9 Å². The number of piperazine rings is 1. The van der Waals surface area contributed by atoms with Gasteiger partial charge in [0.25, 0.3) is 0 Å². The van der Waals surface area contributed by atoms with Crippen LogP contribution in [0.1, 0.15) is 33.1 Å². The Morgan fingerprint density at radius 2 is 2.00 bits per heavy atom. The van der Waals surface area contributed by atoms with Crippen LogP contribution >= 0.6 is 0 Å². The van der Waals surface area contributed by atoms with E-state index in [1.165, 1.54) is 6.33 Å². The molecule has 2 heterocycles. The summed E-state index contributed by atoms with van der Waals surface area (Å²) in [6.45, 7) is 6.38. The van der Waals surface area contributed by atoms with Gasteiger partial charge in [-0.15, -0.1) is 0 Å². The minimum absolute atomic E-state index is 0.145. The number of rotatable bonds is 7. The Morgan fingerprint density at radius 1 is 1.21 bits per heavy atom. The van der Waals surface area contributed by atoms with E-state index >= 15 is 0 Å². The van der Waals surface area contributed by atoms with Gasteiger partial charge >= 0.3 is 0 Å². The maximum atomic E-state index is 12.4. The third-order valence-corrected chi connectivity index (χ3v) is 4.93. The second-order valence-corrected chi connectivity index (χ2v) is 6.95. The van der Waals surface area contributed by atoms with E-state index < -0.39 is 0 Å². The fourth-order valence-corrected chi connectivity index (χ4v) is 3.38. The van der Waals surface area contributed by atoms with Crippen molar-refractivity contribution in [1.29, 1.82) is 0 Å². The average molecular weight is 384 g/mol. The predicted molar refractivity (Wildman–Crippen MR) is 108 cm³/mol. The molecule has 0 bridgehead atoms. The molecule has 1 fully saturated rings. The van der Waals surface area contributed by atoms with Gasteiger partial charge in [-0.05, 0) is 25.5 Å². The summed E-state index contributed by atoms with van der Waals surface area (Å²) in [6.07, 6.45) is 4.12. The van der Waals surface area contributed by atoms with Crippen molar-refractivity contribution >= 4 is 11.7 Å². The van der Waals surface area contributed by atoms with E-state index in [4.69, 9.17) is 9.47 Å². The number of aromatic nitrogens is 2. The van der Waals surface area contributed by atoms with Crippen LogP contribution in [0.15, 0.2) is 36.7 Å². The number of amides is 1. The van der Waals surface area contributed by atoms with Crippen LogP contribution in [0.25, 0.3) is 0 Å². The quantitative estimate of drug-likeness (QED) is 0.728. The molecule has 1 aliphatic rings. The van der Waals surface area contributed by atoms with Crippen LogP contribution in [0, 0.1) is 0 Å². The Balaban J connectivity index is 1.67. The van der Waals surface area contributed by atoms with Crippen molar-refractivity contribution in [3.05, 3.63) is 36.7 Å². The molecule has 0 radical (unpaired) electrons. The molecule has 0 spiro atoms. The SMILES string of the molecule is CCCCC(=O)N1CCN(c2cc(Oc3ccccc3OC)ncn2)C[C@H]1C. The standard InChI is InChI=1S/C21H28N4O3/c1-4-5-10-21(26)25-12-11-24(14-16(25)2)19-13-20(23-15-22-19)28-18-9-7-6-8-17(18)27-3/h6-9,13,15-16H,4-5,10-12,14H2,1-3H3/t16-/m1/s1. The van der Waals surface area contributed by atoms with Gasteiger partial charge in [-0.2, -0.15) is 0 Å². The van der Waals surface area contributed by atoms with Gasteiger partial charge in [-0.1, -0.05) is 25.5 Å². The van der Waals surface area contributed by atoms with Crippen molar-refractivity contribution in [2.75, 3.05) is 31.6 Å². The Hall–Kier alpha value is -2.83. The minimum Gasteiger partial charge on any atom is -0.493 e. The van der Waals surface area contributed by atoms with Crippen LogP contribution in [0.3, 0.4) is 0 Å². The van der Waals surface area contributed by atoms with Crippen LogP contribution in [0.5, 0.6) is 17.4 Å². The lowest BCUT2D eigenvalue weighted by atomic mass is 10.1. The lowest BCUT2D eigenvalue weighted by molar-refractivity contribution is -0.133. The summed E-state index contributed by atoms with van der Waals surface area (Å²) in [5.74, 6) is 2.76. The van der Waals surface area contributed by atoms with Crippen molar-refractivity contribution in [3.8, 4) is 17.4 Å². The molecule has 28 heavy (non-hydrogen) atoms. The van der Waals surface area contributed by atoms with Gasteiger partial charge in [0.1, 0.15) is 12.1 Å². The molecule has 1 atom stereocenters. The zero-order valence-electron chi connectivity index (χ0n) is 16.8. The Morgan fingerprint density at radius 3 is 2.71 bits per heavy atom. The molecule has 1 aliphatic heterocycles. The third-order valence-electron chi connectivity index (χ3n) is 4.93. The average Bonchev–Trinajstić information content (AvgIpc) is 2.72. The molecule has 0 unspecified atom stereocenters. The highest BCUT2D eigenvalue weighted by atomic mass is 16.5. The summed E-state index contributed by atoms with van der Waals surface area (Å²) in [6, 6.07) is 9.42. The fourth-order valence-electron chi connectivity index (χ4n) is 3.38. The number of hydrogen-bond acceptors (Lipinski definition) is 6. The molecule has 7 nitrogen and oxygen atoms in total. The van der Waals surface area contributed by atoms with E-state index in [-0.39, 0.29) is 11.9 Å². The Labute approximate surface area is 166 Å². The van der Waals surface area contributed by atoms with Gasteiger partial charge in [-0.3, -0.25) is 4.79 Å².